The molecule has 0 bridgehead atoms. The van der Waals surface area contributed by atoms with E-state index in [9.17, 15) is 14.4 Å². The van der Waals surface area contributed by atoms with Crippen LogP contribution >= 0.6 is 0 Å². The molecule has 6 nitrogen and oxygen atoms in total. The quantitative estimate of drug-likeness (QED) is 0.628. The van der Waals surface area contributed by atoms with Crippen LogP contribution in [0.4, 0.5) is 5.69 Å². The molecule has 2 aromatic rings. The second kappa shape index (κ2) is 4.80. The summed E-state index contributed by atoms with van der Waals surface area (Å²) in [6, 6.07) is 0.128. The maximum Gasteiger partial charge on any atom is 0.264 e. The maximum atomic E-state index is 13.1. The number of carbonyl (C=O) groups excluding carboxylic acids is 2. The van der Waals surface area contributed by atoms with E-state index in [-0.39, 0.29) is 22.6 Å². The molecule has 1 unspecified atom stereocenters. The van der Waals surface area contributed by atoms with Gasteiger partial charge in [0.1, 0.15) is 11.6 Å². The van der Waals surface area contributed by atoms with E-state index < -0.39 is 55.0 Å². The Balaban J connectivity index is 2.44. The van der Waals surface area contributed by atoms with Crippen molar-refractivity contribution in [2.75, 3.05) is 5.73 Å². The van der Waals surface area contributed by atoms with Crippen molar-refractivity contribution >= 4 is 28.2 Å². The fourth-order valence-electron chi connectivity index (χ4n) is 2.21. The van der Waals surface area contributed by atoms with Crippen LogP contribution in [0.2, 0.25) is 0 Å². The van der Waals surface area contributed by atoms with Crippen molar-refractivity contribution in [1.82, 2.24) is 9.55 Å². The second-order valence-corrected chi connectivity index (χ2v) is 4.55. The van der Waals surface area contributed by atoms with Crippen LogP contribution in [0, 0.1) is 6.88 Å². The summed E-state index contributed by atoms with van der Waals surface area (Å²) in [5.41, 5.74) is 4.46. The van der Waals surface area contributed by atoms with Crippen LogP contribution in [0.5, 0.6) is 0 Å². The average molecular weight is 292 g/mol. The Hall–Kier alpha value is -2.50. The number of aromatic nitrogens is 2. The Morgan fingerprint density at radius 1 is 1.48 bits per heavy atom. The normalized spacial score (nSPS) is 29.0. The number of carbonyl (C=O) groups is 2. The van der Waals surface area contributed by atoms with Crippen LogP contribution in [-0.4, -0.2) is 21.1 Å². The van der Waals surface area contributed by atoms with Crippen LogP contribution in [0.15, 0.2) is 23.0 Å². The van der Waals surface area contributed by atoms with Crippen molar-refractivity contribution in [3.05, 3.63) is 34.4 Å². The summed E-state index contributed by atoms with van der Waals surface area (Å²) in [4.78, 5) is 41.4. The molecule has 1 saturated carbocycles. The summed E-state index contributed by atoms with van der Waals surface area (Å²) in [5.74, 6) is -2.94. The number of nitrogens with two attached hydrogens (primary N) is 1. The van der Waals surface area contributed by atoms with Crippen LogP contribution < -0.4 is 11.3 Å². The standard InChI is InChI=1S/C15H15N3O3/c1-8-17-11-4-2-3-10(16)14(11)15(21)18(8)12-6-5-9(19)7-13(12)20/h2-4,12H,5-7,16H2,1H3/i1D2,2D,5D2,6D2. The number of nitrogen functional groups attached to an aromatic ring is 1. The van der Waals surface area contributed by atoms with Crippen molar-refractivity contribution in [2.24, 2.45) is 0 Å². The molecule has 1 aromatic heterocycles. The molecular weight excluding hydrogens is 270 g/mol. The summed E-state index contributed by atoms with van der Waals surface area (Å²) in [6.45, 7) is -1.93. The first kappa shape index (κ1) is 7.49. The van der Waals surface area contributed by atoms with Gasteiger partial charge in [-0.2, -0.15) is 0 Å². The lowest BCUT2D eigenvalue weighted by atomic mass is 9.92. The molecule has 1 aliphatic rings. The topological polar surface area (TPSA) is 95.0 Å². The van der Waals surface area contributed by atoms with E-state index in [2.05, 4.69) is 4.98 Å². The predicted octanol–water partition coefficient (Wildman–Crippen LogP) is 1.15. The van der Waals surface area contributed by atoms with E-state index in [1.807, 2.05) is 0 Å². The van der Waals surface area contributed by atoms with Gasteiger partial charge in [0.2, 0.25) is 0 Å². The fraction of sp³-hybridized carbons (Fsp3) is 0.333. The third-order valence-electron chi connectivity index (χ3n) is 3.16. The van der Waals surface area contributed by atoms with Gasteiger partial charge in [-0.15, -0.1) is 0 Å². The van der Waals surface area contributed by atoms with Gasteiger partial charge in [-0.05, 0) is 25.4 Å². The molecule has 3 rings (SSSR count). The first-order valence-corrected chi connectivity index (χ1v) is 6.03. The molecule has 1 fully saturated rings. The molecule has 0 spiro atoms. The minimum atomic E-state index is -3.13. The van der Waals surface area contributed by atoms with Gasteiger partial charge in [0, 0.05) is 20.3 Å². The molecule has 6 heteroatoms. The lowest BCUT2D eigenvalue weighted by Gasteiger charge is -2.24. The molecule has 21 heavy (non-hydrogen) atoms. The Kier molecular flexibility index (Phi) is 1.71. The maximum absolute atomic E-state index is 13.1. The SMILES string of the molecule is [2H]c1cc(N)c2c(=O)n(C3C(=O)CC(=O)C([2H])([2H])C3([2H])[2H])c(C([2H])[2H])nc2c1. The number of nitrogens with zero attached hydrogens (tertiary/aromatic N) is 2. The zero-order valence-electron chi connectivity index (χ0n) is 17.7. The fourth-order valence-corrected chi connectivity index (χ4v) is 2.21. The highest BCUT2D eigenvalue weighted by molar-refractivity contribution is 6.03. The number of aryl methyl sites for hydroxylation is 1. The van der Waals surface area contributed by atoms with Crippen molar-refractivity contribution < 1.29 is 19.2 Å². The van der Waals surface area contributed by atoms with Gasteiger partial charge in [0.15, 0.2) is 5.78 Å². The summed E-state index contributed by atoms with van der Waals surface area (Å²) < 4.78 is 55.2. The first-order valence-electron chi connectivity index (χ1n) is 9.69. The van der Waals surface area contributed by atoms with Crippen LogP contribution in [0.25, 0.3) is 10.9 Å². The third-order valence-corrected chi connectivity index (χ3v) is 3.16. The summed E-state index contributed by atoms with van der Waals surface area (Å²) in [6.07, 6.45) is -7.15. The van der Waals surface area contributed by atoms with Gasteiger partial charge < -0.3 is 5.73 Å². The van der Waals surface area contributed by atoms with Crippen LogP contribution in [-0.2, 0) is 9.59 Å². The van der Waals surface area contributed by atoms with Gasteiger partial charge in [0.25, 0.3) is 5.56 Å². The molecule has 1 heterocycles. The summed E-state index contributed by atoms with van der Waals surface area (Å²) >= 11 is 0. The van der Waals surface area contributed by atoms with E-state index >= 15 is 0 Å². The minimum Gasteiger partial charge on any atom is -0.398 e. The Morgan fingerprint density at radius 2 is 2.29 bits per heavy atom. The molecule has 0 amide bonds. The number of benzene rings is 1. The van der Waals surface area contributed by atoms with Crippen LogP contribution in [0.1, 0.15) is 40.6 Å². The number of hydrogen-bond donors (Lipinski definition) is 1. The number of anilines is 1. The van der Waals surface area contributed by atoms with Crippen molar-refractivity contribution in [3.63, 3.8) is 0 Å². The van der Waals surface area contributed by atoms with E-state index in [1.54, 1.807) is 0 Å². The zero-order chi connectivity index (χ0) is 21.2. The number of fused-ring (bicyclic) bond motifs is 1. The number of ketones is 2. The third kappa shape index (κ3) is 2.12. The Bertz CT molecular complexity index is 1080. The van der Waals surface area contributed by atoms with Crippen molar-refractivity contribution in [1.29, 1.82) is 0 Å². The minimum absolute atomic E-state index is 0.0851. The monoisotopic (exact) mass is 292 g/mol. The van der Waals surface area contributed by atoms with Gasteiger partial charge in [-0.25, -0.2) is 4.98 Å². The van der Waals surface area contributed by atoms with E-state index in [0.717, 1.165) is 6.07 Å². The van der Waals surface area contributed by atoms with Crippen molar-refractivity contribution in [2.45, 2.75) is 32.1 Å². The Labute approximate surface area is 130 Å². The van der Waals surface area contributed by atoms with E-state index in [1.165, 1.54) is 6.07 Å². The largest absolute Gasteiger partial charge is 0.398 e. The number of hydrogen-bond acceptors (Lipinski definition) is 5. The molecule has 1 aromatic carbocycles. The molecule has 1 aliphatic carbocycles. The Morgan fingerprint density at radius 3 is 3.05 bits per heavy atom. The zero-order valence-corrected chi connectivity index (χ0v) is 10.7. The lowest BCUT2D eigenvalue weighted by molar-refractivity contribution is -0.132. The molecule has 0 aliphatic heterocycles. The van der Waals surface area contributed by atoms with Gasteiger partial charge >= 0.3 is 0 Å². The van der Waals surface area contributed by atoms with Gasteiger partial charge in [0.05, 0.1) is 24.7 Å². The number of Topliss-reactive ketones (excluding diaryl/α,β-unsaturated/α-hetero) is 2. The second-order valence-electron chi connectivity index (χ2n) is 4.55. The van der Waals surface area contributed by atoms with E-state index in [0.29, 0.717) is 4.57 Å². The predicted molar refractivity (Wildman–Crippen MR) is 78.1 cm³/mol. The molecule has 2 N–H and O–H groups in total. The molecular formula is C15H15N3O3. The summed E-state index contributed by atoms with van der Waals surface area (Å²) in [7, 11) is 0. The number of rotatable bonds is 1. The van der Waals surface area contributed by atoms with Gasteiger partial charge in [-0.1, -0.05) is 6.04 Å². The average Bonchev–Trinajstić information content (AvgIpc) is 2.54. The highest BCUT2D eigenvalue weighted by Gasteiger charge is 2.30. The van der Waals surface area contributed by atoms with E-state index in [4.69, 9.17) is 15.3 Å². The smallest absolute Gasteiger partial charge is 0.264 e. The van der Waals surface area contributed by atoms with Gasteiger partial charge in [-0.3, -0.25) is 19.0 Å². The highest BCUT2D eigenvalue weighted by Crippen LogP contribution is 2.24. The molecule has 0 saturated heterocycles. The van der Waals surface area contributed by atoms with Crippen molar-refractivity contribution in [3.8, 4) is 0 Å². The molecule has 1 atom stereocenters. The van der Waals surface area contributed by atoms with Crippen LogP contribution in [0.3, 0.4) is 0 Å². The summed E-state index contributed by atoms with van der Waals surface area (Å²) in [5, 5.41) is -0.249. The first-order chi connectivity index (χ1) is 12.8. The molecule has 0 radical (unpaired) electrons. The highest BCUT2D eigenvalue weighted by atomic mass is 16.2. The lowest BCUT2D eigenvalue weighted by Crippen LogP contribution is -2.36. The molecule has 108 valence electrons.